The molecule has 0 radical (unpaired) electrons. The molecule has 10 heteroatoms. The van der Waals surface area contributed by atoms with Crippen molar-refractivity contribution in [3.8, 4) is 11.5 Å². The average Bonchev–Trinajstić information content (AvgIpc) is 3.09. The molecule has 30 heavy (non-hydrogen) atoms. The van der Waals surface area contributed by atoms with Crippen LogP contribution in [-0.4, -0.2) is 31.1 Å². The Balaban J connectivity index is 1.70. The van der Waals surface area contributed by atoms with Gasteiger partial charge in [0, 0.05) is 11.8 Å². The minimum Gasteiger partial charge on any atom is -0.497 e. The molecule has 1 aromatic heterocycles. The number of amides is 3. The predicted octanol–water partition coefficient (Wildman–Crippen LogP) is 4.50. The molecule has 0 spiro atoms. The standard InChI is InChI=1S/C20H19FN4O4S/c1-11-17(18(26)24-15-10-14(28-2)8-9-16(15)29-3)30-20(22-11)25-19(27)23-13-6-4-12(21)5-7-13/h4-10H,1-3H3,(H,24,26)(H2,22,23,25,27). The van der Waals surface area contributed by atoms with Crippen LogP contribution in [-0.2, 0) is 0 Å². The summed E-state index contributed by atoms with van der Waals surface area (Å²) in [6.45, 7) is 1.66. The maximum atomic E-state index is 13.0. The molecule has 156 valence electrons. The van der Waals surface area contributed by atoms with Crippen molar-refractivity contribution in [1.82, 2.24) is 4.98 Å². The lowest BCUT2D eigenvalue weighted by Crippen LogP contribution is -2.19. The molecule has 0 aliphatic rings. The lowest BCUT2D eigenvalue weighted by molar-refractivity contribution is 0.102. The van der Waals surface area contributed by atoms with Gasteiger partial charge in [0.05, 0.1) is 25.6 Å². The molecule has 0 aliphatic carbocycles. The van der Waals surface area contributed by atoms with Gasteiger partial charge in [-0.25, -0.2) is 14.2 Å². The molecule has 2 aromatic carbocycles. The molecule has 0 saturated carbocycles. The maximum absolute atomic E-state index is 13.0. The summed E-state index contributed by atoms with van der Waals surface area (Å²) in [5.74, 6) is 0.235. The van der Waals surface area contributed by atoms with E-state index in [0.717, 1.165) is 11.3 Å². The van der Waals surface area contributed by atoms with Crippen LogP contribution in [0.5, 0.6) is 11.5 Å². The number of benzene rings is 2. The zero-order chi connectivity index (χ0) is 21.7. The molecule has 3 aromatic rings. The van der Waals surface area contributed by atoms with E-state index in [4.69, 9.17) is 9.47 Å². The third-order valence-corrected chi connectivity index (χ3v) is 5.05. The van der Waals surface area contributed by atoms with Crippen molar-refractivity contribution >= 4 is 39.8 Å². The van der Waals surface area contributed by atoms with E-state index < -0.39 is 17.8 Å². The highest BCUT2D eigenvalue weighted by Crippen LogP contribution is 2.31. The normalized spacial score (nSPS) is 10.3. The first-order valence-corrected chi connectivity index (χ1v) is 9.55. The fourth-order valence-electron chi connectivity index (χ4n) is 2.54. The maximum Gasteiger partial charge on any atom is 0.325 e. The van der Waals surface area contributed by atoms with Gasteiger partial charge in [-0.3, -0.25) is 10.1 Å². The van der Waals surface area contributed by atoms with E-state index in [2.05, 4.69) is 20.9 Å². The summed E-state index contributed by atoms with van der Waals surface area (Å²) in [6.07, 6.45) is 0. The van der Waals surface area contributed by atoms with E-state index in [0.29, 0.717) is 33.4 Å². The number of aryl methyl sites for hydroxylation is 1. The van der Waals surface area contributed by atoms with Crippen LogP contribution < -0.4 is 25.4 Å². The molecule has 0 bridgehead atoms. The third-order valence-electron chi connectivity index (χ3n) is 3.98. The zero-order valence-electron chi connectivity index (χ0n) is 16.4. The summed E-state index contributed by atoms with van der Waals surface area (Å²) in [4.78, 5) is 29.4. The monoisotopic (exact) mass is 430 g/mol. The minimum absolute atomic E-state index is 0.245. The fourth-order valence-corrected chi connectivity index (χ4v) is 3.40. The van der Waals surface area contributed by atoms with E-state index in [1.165, 1.54) is 38.5 Å². The molecular formula is C20H19FN4O4S. The van der Waals surface area contributed by atoms with Crippen LogP contribution in [0, 0.1) is 12.7 Å². The lowest BCUT2D eigenvalue weighted by Gasteiger charge is -2.11. The number of urea groups is 1. The van der Waals surface area contributed by atoms with E-state index >= 15 is 0 Å². The lowest BCUT2D eigenvalue weighted by atomic mass is 10.2. The van der Waals surface area contributed by atoms with Gasteiger partial charge in [-0.15, -0.1) is 0 Å². The van der Waals surface area contributed by atoms with Crippen LogP contribution in [0.1, 0.15) is 15.4 Å². The zero-order valence-corrected chi connectivity index (χ0v) is 17.2. The Morgan fingerprint density at radius 2 is 1.73 bits per heavy atom. The van der Waals surface area contributed by atoms with Gasteiger partial charge in [-0.2, -0.15) is 0 Å². The molecule has 3 rings (SSSR count). The van der Waals surface area contributed by atoms with Crippen molar-refractivity contribution in [2.75, 3.05) is 30.2 Å². The first-order chi connectivity index (χ1) is 14.4. The van der Waals surface area contributed by atoms with E-state index in [1.807, 2.05) is 0 Å². The Hall–Kier alpha value is -3.66. The molecule has 8 nitrogen and oxygen atoms in total. The second kappa shape index (κ2) is 9.23. The van der Waals surface area contributed by atoms with Crippen molar-refractivity contribution in [3.63, 3.8) is 0 Å². The average molecular weight is 430 g/mol. The van der Waals surface area contributed by atoms with Crippen molar-refractivity contribution in [1.29, 1.82) is 0 Å². The van der Waals surface area contributed by atoms with Gasteiger partial charge in [0.25, 0.3) is 5.91 Å². The molecule has 1 heterocycles. The Morgan fingerprint density at radius 1 is 1.00 bits per heavy atom. The molecule has 0 unspecified atom stereocenters. The quantitative estimate of drug-likeness (QED) is 0.534. The molecule has 3 amide bonds. The molecule has 0 aliphatic heterocycles. The number of aromatic nitrogens is 1. The number of hydrogen-bond acceptors (Lipinski definition) is 6. The summed E-state index contributed by atoms with van der Waals surface area (Å²) < 4.78 is 23.4. The molecule has 0 saturated heterocycles. The van der Waals surface area contributed by atoms with Gasteiger partial charge in [-0.1, -0.05) is 11.3 Å². The second-order valence-electron chi connectivity index (χ2n) is 6.04. The van der Waals surface area contributed by atoms with Crippen LogP contribution in [0.3, 0.4) is 0 Å². The number of rotatable bonds is 6. The summed E-state index contributed by atoms with van der Waals surface area (Å²) in [6, 6.07) is 9.82. The van der Waals surface area contributed by atoms with Gasteiger partial charge in [0.2, 0.25) is 0 Å². The first-order valence-electron chi connectivity index (χ1n) is 8.74. The number of hydrogen-bond donors (Lipinski definition) is 3. The van der Waals surface area contributed by atoms with Gasteiger partial charge in [0.1, 0.15) is 22.2 Å². The number of halogens is 1. The van der Waals surface area contributed by atoms with Crippen molar-refractivity contribution in [3.05, 3.63) is 58.9 Å². The van der Waals surface area contributed by atoms with Crippen molar-refractivity contribution in [2.45, 2.75) is 6.92 Å². The van der Waals surface area contributed by atoms with Gasteiger partial charge < -0.3 is 20.1 Å². The highest BCUT2D eigenvalue weighted by atomic mass is 32.1. The topological polar surface area (TPSA) is 102 Å². The number of methoxy groups -OCH3 is 2. The summed E-state index contributed by atoms with van der Waals surface area (Å²) in [5, 5.41) is 8.14. The van der Waals surface area contributed by atoms with Gasteiger partial charge >= 0.3 is 6.03 Å². The number of ether oxygens (including phenoxy) is 2. The van der Waals surface area contributed by atoms with Crippen molar-refractivity contribution in [2.24, 2.45) is 0 Å². The highest BCUT2D eigenvalue weighted by Gasteiger charge is 2.18. The molecular weight excluding hydrogens is 411 g/mol. The van der Waals surface area contributed by atoms with E-state index in [-0.39, 0.29) is 5.13 Å². The summed E-state index contributed by atoms with van der Waals surface area (Å²) in [7, 11) is 3.02. The van der Waals surface area contributed by atoms with Gasteiger partial charge in [-0.05, 0) is 43.3 Å². The number of carbonyl (C=O) groups is 2. The van der Waals surface area contributed by atoms with Gasteiger partial charge in [0.15, 0.2) is 5.13 Å². The number of thiazole rings is 1. The summed E-state index contributed by atoms with van der Waals surface area (Å²) in [5.41, 5.74) is 1.32. The van der Waals surface area contributed by atoms with Crippen LogP contribution in [0.2, 0.25) is 0 Å². The number of nitrogens with one attached hydrogen (secondary N) is 3. The van der Waals surface area contributed by atoms with E-state index in [9.17, 15) is 14.0 Å². The first kappa shape index (κ1) is 21.1. The minimum atomic E-state index is -0.559. The van der Waals surface area contributed by atoms with Crippen LogP contribution in [0.4, 0.5) is 25.7 Å². The number of anilines is 3. The predicted molar refractivity (Wildman–Crippen MR) is 113 cm³/mol. The number of nitrogens with zero attached hydrogens (tertiary/aromatic N) is 1. The summed E-state index contributed by atoms with van der Waals surface area (Å²) >= 11 is 1.02. The third kappa shape index (κ3) is 5.03. The van der Waals surface area contributed by atoms with Crippen LogP contribution >= 0.6 is 11.3 Å². The highest BCUT2D eigenvalue weighted by molar-refractivity contribution is 7.17. The Morgan fingerprint density at radius 3 is 2.40 bits per heavy atom. The smallest absolute Gasteiger partial charge is 0.325 e. The SMILES string of the molecule is COc1ccc(OC)c(NC(=O)c2sc(NC(=O)Nc3ccc(F)cc3)nc2C)c1. The molecule has 3 N–H and O–H groups in total. The second-order valence-corrected chi connectivity index (χ2v) is 7.04. The Kier molecular flexibility index (Phi) is 6.48. The Bertz CT molecular complexity index is 1070. The largest absolute Gasteiger partial charge is 0.497 e. The van der Waals surface area contributed by atoms with Crippen LogP contribution in [0.15, 0.2) is 42.5 Å². The Labute approximate surface area is 176 Å². The van der Waals surface area contributed by atoms with Crippen molar-refractivity contribution < 1.29 is 23.5 Å². The van der Waals surface area contributed by atoms with Crippen LogP contribution in [0.25, 0.3) is 0 Å². The van der Waals surface area contributed by atoms with E-state index in [1.54, 1.807) is 25.1 Å². The fraction of sp³-hybridized carbons (Fsp3) is 0.150. The molecule has 0 atom stereocenters. The number of carbonyl (C=O) groups excluding carboxylic acids is 2. The molecule has 0 fully saturated rings.